The molecule has 3 rings (SSSR count). The first-order valence-electron chi connectivity index (χ1n) is 6.42. The van der Waals surface area contributed by atoms with Crippen molar-refractivity contribution in [1.29, 1.82) is 0 Å². The molecule has 0 radical (unpaired) electrons. The number of aldehydes is 1. The summed E-state index contributed by atoms with van der Waals surface area (Å²) >= 11 is 0. The van der Waals surface area contributed by atoms with E-state index in [1.165, 1.54) is 12.1 Å². The van der Waals surface area contributed by atoms with Gasteiger partial charge in [0.25, 0.3) is 5.69 Å². The van der Waals surface area contributed by atoms with Crippen molar-refractivity contribution >= 4 is 22.9 Å². The molecule has 0 aliphatic carbocycles. The number of fused-ring (bicyclic) bond motifs is 1. The molecule has 1 aromatic heterocycles. The van der Waals surface area contributed by atoms with E-state index in [9.17, 15) is 14.9 Å². The fourth-order valence-electron chi connectivity index (χ4n) is 2.45. The molecule has 1 heterocycles. The highest BCUT2D eigenvalue weighted by Gasteiger charge is 2.15. The number of nitro groups is 1. The van der Waals surface area contributed by atoms with Gasteiger partial charge in [-0.1, -0.05) is 23.8 Å². The third-order valence-corrected chi connectivity index (χ3v) is 3.46. The van der Waals surface area contributed by atoms with Gasteiger partial charge in [0.05, 0.1) is 10.6 Å². The molecule has 5 heteroatoms. The summed E-state index contributed by atoms with van der Waals surface area (Å²) < 4.78 is 0. The molecule has 0 aliphatic rings. The lowest BCUT2D eigenvalue weighted by Crippen LogP contribution is -1.89. The minimum Gasteiger partial charge on any atom is -0.354 e. The van der Waals surface area contributed by atoms with E-state index < -0.39 is 4.92 Å². The fraction of sp³-hybridized carbons (Fsp3) is 0.0625. The Balaban J connectivity index is 2.27. The molecular weight excluding hydrogens is 268 g/mol. The standard InChI is InChI=1S/C16H12N2O3/c1-10-5-6-15-13(7-10)14(9-19)16(17-15)11-3-2-4-12(8-11)18(20)21/h2-9,17H,1H3. The van der Waals surface area contributed by atoms with Gasteiger partial charge in [0, 0.05) is 34.2 Å². The number of non-ortho nitro benzene ring substituents is 1. The van der Waals surface area contributed by atoms with Crippen molar-refractivity contribution in [3.63, 3.8) is 0 Å². The zero-order valence-corrected chi connectivity index (χ0v) is 11.3. The summed E-state index contributed by atoms with van der Waals surface area (Å²) in [6, 6.07) is 12.0. The van der Waals surface area contributed by atoms with E-state index in [0.29, 0.717) is 16.8 Å². The molecule has 1 N–H and O–H groups in total. The number of hydrogen-bond donors (Lipinski definition) is 1. The van der Waals surface area contributed by atoms with Crippen LogP contribution in [0.1, 0.15) is 15.9 Å². The number of aromatic nitrogens is 1. The molecule has 0 atom stereocenters. The largest absolute Gasteiger partial charge is 0.354 e. The number of nitrogens with zero attached hydrogens (tertiary/aromatic N) is 1. The van der Waals surface area contributed by atoms with Gasteiger partial charge < -0.3 is 4.98 Å². The molecular formula is C16H12N2O3. The van der Waals surface area contributed by atoms with E-state index in [2.05, 4.69) is 4.98 Å². The Kier molecular flexibility index (Phi) is 3.02. The molecule has 0 unspecified atom stereocenters. The average Bonchev–Trinajstić information content (AvgIpc) is 2.85. The number of nitrogens with one attached hydrogen (secondary N) is 1. The molecule has 0 spiro atoms. The molecule has 0 bridgehead atoms. The first-order valence-corrected chi connectivity index (χ1v) is 6.42. The van der Waals surface area contributed by atoms with Gasteiger partial charge in [0.15, 0.2) is 6.29 Å². The first-order chi connectivity index (χ1) is 10.1. The van der Waals surface area contributed by atoms with Crippen molar-refractivity contribution in [2.75, 3.05) is 0 Å². The van der Waals surface area contributed by atoms with Crippen LogP contribution in [-0.2, 0) is 0 Å². The van der Waals surface area contributed by atoms with Crippen molar-refractivity contribution < 1.29 is 9.72 Å². The minimum atomic E-state index is -0.448. The summed E-state index contributed by atoms with van der Waals surface area (Å²) in [4.78, 5) is 25.1. The van der Waals surface area contributed by atoms with Gasteiger partial charge in [0.1, 0.15) is 0 Å². The van der Waals surface area contributed by atoms with E-state index in [4.69, 9.17) is 0 Å². The predicted octanol–water partition coefficient (Wildman–Crippen LogP) is 3.86. The number of H-pyrrole nitrogens is 1. The molecule has 3 aromatic rings. The summed E-state index contributed by atoms with van der Waals surface area (Å²) in [5, 5.41) is 11.7. The summed E-state index contributed by atoms with van der Waals surface area (Å²) in [5.41, 5.74) is 3.64. The van der Waals surface area contributed by atoms with Gasteiger partial charge >= 0.3 is 0 Å². The number of aromatic amines is 1. The van der Waals surface area contributed by atoms with Gasteiger partial charge in [-0.05, 0) is 19.1 Å². The van der Waals surface area contributed by atoms with Gasteiger partial charge in [0.2, 0.25) is 0 Å². The highest BCUT2D eigenvalue weighted by atomic mass is 16.6. The van der Waals surface area contributed by atoms with E-state index in [1.807, 2.05) is 25.1 Å². The molecule has 0 saturated carbocycles. The zero-order valence-electron chi connectivity index (χ0n) is 11.3. The smallest absolute Gasteiger partial charge is 0.270 e. The number of hydrogen-bond acceptors (Lipinski definition) is 3. The number of rotatable bonds is 3. The molecule has 5 nitrogen and oxygen atoms in total. The molecule has 2 aromatic carbocycles. The Morgan fingerprint density at radius 3 is 2.71 bits per heavy atom. The topological polar surface area (TPSA) is 76.0 Å². The monoisotopic (exact) mass is 280 g/mol. The van der Waals surface area contributed by atoms with Crippen LogP contribution in [-0.4, -0.2) is 16.2 Å². The summed E-state index contributed by atoms with van der Waals surface area (Å²) in [6.07, 6.45) is 0.784. The highest BCUT2D eigenvalue weighted by Crippen LogP contribution is 2.31. The SMILES string of the molecule is Cc1ccc2[nH]c(-c3cccc([N+](=O)[O-])c3)c(C=O)c2c1. The Labute approximate surface area is 120 Å². The molecule has 0 fully saturated rings. The zero-order chi connectivity index (χ0) is 15.0. The van der Waals surface area contributed by atoms with Gasteiger partial charge in [-0.25, -0.2) is 0 Å². The number of carbonyl (C=O) groups is 1. The van der Waals surface area contributed by atoms with Crippen LogP contribution in [0.5, 0.6) is 0 Å². The van der Waals surface area contributed by atoms with Crippen molar-refractivity contribution in [2.24, 2.45) is 0 Å². The van der Waals surface area contributed by atoms with Crippen LogP contribution in [0.4, 0.5) is 5.69 Å². The number of aryl methyl sites for hydroxylation is 1. The van der Waals surface area contributed by atoms with Crippen molar-refractivity contribution in [1.82, 2.24) is 4.98 Å². The molecule has 0 saturated heterocycles. The lowest BCUT2D eigenvalue weighted by Gasteiger charge is -2.00. The quantitative estimate of drug-likeness (QED) is 0.449. The van der Waals surface area contributed by atoms with E-state index in [0.717, 1.165) is 22.8 Å². The molecule has 0 aliphatic heterocycles. The minimum absolute atomic E-state index is 0.000754. The second-order valence-electron chi connectivity index (χ2n) is 4.89. The second-order valence-corrected chi connectivity index (χ2v) is 4.89. The predicted molar refractivity (Wildman–Crippen MR) is 80.5 cm³/mol. The van der Waals surface area contributed by atoms with Gasteiger partial charge in [-0.2, -0.15) is 0 Å². The van der Waals surface area contributed by atoms with E-state index >= 15 is 0 Å². The summed E-state index contributed by atoms with van der Waals surface area (Å²) in [6.45, 7) is 1.95. The van der Waals surface area contributed by atoms with Crippen LogP contribution >= 0.6 is 0 Å². The van der Waals surface area contributed by atoms with Crippen LogP contribution in [0, 0.1) is 17.0 Å². The van der Waals surface area contributed by atoms with Crippen molar-refractivity contribution in [3.8, 4) is 11.3 Å². The normalized spacial score (nSPS) is 10.7. The van der Waals surface area contributed by atoms with Gasteiger partial charge in [-0.3, -0.25) is 14.9 Å². The van der Waals surface area contributed by atoms with Crippen molar-refractivity contribution in [3.05, 3.63) is 63.7 Å². The van der Waals surface area contributed by atoms with E-state index in [-0.39, 0.29) is 5.69 Å². The van der Waals surface area contributed by atoms with Crippen LogP contribution in [0.2, 0.25) is 0 Å². The maximum atomic E-state index is 11.5. The molecule has 21 heavy (non-hydrogen) atoms. The fourth-order valence-corrected chi connectivity index (χ4v) is 2.45. The maximum absolute atomic E-state index is 11.5. The summed E-state index contributed by atoms with van der Waals surface area (Å²) in [7, 11) is 0. The maximum Gasteiger partial charge on any atom is 0.270 e. The number of benzene rings is 2. The Morgan fingerprint density at radius 2 is 2.00 bits per heavy atom. The molecule has 0 amide bonds. The highest BCUT2D eigenvalue weighted by molar-refractivity contribution is 6.04. The molecule has 104 valence electrons. The lowest BCUT2D eigenvalue weighted by molar-refractivity contribution is -0.384. The van der Waals surface area contributed by atoms with E-state index in [1.54, 1.807) is 12.1 Å². The van der Waals surface area contributed by atoms with Crippen molar-refractivity contribution in [2.45, 2.75) is 6.92 Å². The van der Waals surface area contributed by atoms with Crippen LogP contribution < -0.4 is 0 Å². The first kappa shape index (κ1) is 13.1. The Morgan fingerprint density at radius 1 is 1.19 bits per heavy atom. The van der Waals surface area contributed by atoms with Gasteiger partial charge in [-0.15, -0.1) is 0 Å². The number of carbonyl (C=O) groups excluding carboxylic acids is 1. The third-order valence-electron chi connectivity index (χ3n) is 3.46. The summed E-state index contributed by atoms with van der Waals surface area (Å²) in [5.74, 6) is 0. The van der Waals surface area contributed by atoms with Crippen LogP contribution in [0.15, 0.2) is 42.5 Å². The average molecular weight is 280 g/mol. The Bertz CT molecular complexity index is 865. The lowest BCUT2D eigenvalue weighted by atomic mass is 10.0. The Hall–Kier alpha value is -2.95. The van der Waals surface area contributed by atoms with Crippen LogP contribution in [0.3, 0.4) is 0 Å². The second kappa shape index (κ2) is 4.86. The van der Waals surface area contributed by atoms with Crippen LogP contribution in [0.25, 0.3) is 22.2 Å². The number of nitro benzene ring substituents is 1. The third kappa shape index (κ3) is 2.18.